The van der Waals surface area contributed by atoms with Gasteiger partial charge >= 0.3 is 5.97 Å². The van der Waals surface area contributed by atoms with Crippen LogP contribution in [0.2, 0.25) is 0 Å². The van der Waals surface area contributed by atoms with E-state index in [4.69, 9.17) is 35.3 Å². The van der Waals surface area contributed by atoms with Gasteiger partial charge in [-0.25, -0.2) is 0 Å². The zero-order valence-corrected chi connectivity index (χ0v) is 36.8. The maximum Gasteiger partial charge on any atom is 0.309 e. The molecule has 4 fully saturated rings. The summed E-state index contributed by atoms with van der Waals surface area (Å²) in [5.41, 5.74) is -1.70. The molecule has 0 aliphatic carbocycles. The number of alkyl halides is 1. The zero-order chi connectivity index (χ0) is 42.2. The minimum atomic E-state index is -1.33. The van der Waals surface area contributed by atoms with Crippen LogP contribution in [0, 0.1) is 41.4 Å². The highest BCUT2D eigenvalue weighted by atomic mass is 35.5. The lowest BCUT2D eigenvalue weighted by atomic mass is 9.72. The molecule has 5 aliphatic rings. The molecule has 0 bridgehead atoms. The molecule has 5 rings (SSSR count). The summed E-state index contributed by atoms with van der Waals surface area (Å²) in [5.74, 6) is -6.57. The first-order valence-corrected chi connectivity index (χ1v) is 22.4. The lowest BCUT2D eigenvalue weighted by Crippen LogP contribution is -2.65. The van der Waals surface area contributed by atoms with Gasteiger partial charge in [-0.2, -0.15) is 0 Å². The monoisotopic (exact) mass is 825 g/mol. The van der Waals surface area contributed by atoms with Crippen molar-refractivity contribution in [3.05, 3.63) is 12.2 Å². The fourth-order valence-electron chi connectivity index (χ4n) is 10.9. The van der Waals surface area contributed by atoms with Gasteiger partial charge in [-0.05, 0) is 89.5 Å². The Kier molecular flexibility index (Phi) is 14.8. The lowest BCUT2D eigenvalue weighted by Gasteiger charge is -2.55. The summed E-state index contributed by atoms with van der Waals surface area (Å²) in [7, 11) is 0. The number of carbonyl (C=O) groups is 3. The van der Waals surface area contributed by atoms with Gasteiger partial charge < -0.3 is 44.3 Å². The number of carboxylic acids is 1. The highest BCUT2D eigenvalue weighted by Gasteiger charge is 2.63. The second-order valence-corrected chi connectivity index (χ2v) is 18.9. The molecule has 326 valence electrons. The molecule has 4 saturated heterocycles. The minimum Gasteiger partial charge on any atom is -0.481 e. The van der Waals surface area contributed by atoms with Crippen LogP contribution in [-0.4, -0.2) is 104 Å². The molecule has 57 heavy (non-hydrogen) atoms. The fraction of sp³-hybridized carbons (Fsp3) is 0.886. The molecule has 5 aliphatic heterocycles. The predicted octanol–water partition coefficient (Wildman–Crippen LogP) is 6.55. The summed E-state index contributed by atoms with van der Waals surface area (Å²) in [6.07, 6.45) is 6.46. The van der Waals surface area contributed by atoms with Crippen LogP contribution in [0.5, 0.6) is 0 Å². The Morgan fingerprint density at radius 1 is 0.912 bits per heavy atom. The number of ketones is 1. The standard InChI is InChI=1S/C44H72ClNO11/c1-11-30(40(50)51)32-15-14-24(4)38(54-32)28(8)36(48)27(7)37(49)31(12-2)39-25(5)22-26(6)43(55-39)19-16-33(46-35(47)23-45)44(57-43)21-20-41(10,56-44)34-17-18-42(52,13-3)29(9)53-34/h16,19,24-34,36,38-39,48,52H,11-15,17-18,20-23H2,1-10H3,(H,46,47)(H,50,51)/t24-,25-,26+,27-,28-,29-,30+,31-,32+,33+,34+,36+,38+,39-,41-,42+,43-,44-/m0/s1. The normalized spacial score (nSPS) is 43.6. The number of nitrogens with one attached hydrogen (secondary N) is 1. The Morgan fingerprint density at radius 3 is 2.19 bits per heavy atom. The van der Waals surface area contributed by atoms with E-state index in [2.05, 4.69) is 26.1 Å². The maximum atomic E-state index is 14.6. The van der Waals surface area contributed by atoms with E-state index in [-0.39, 0.29) is 47.5 Å². The highest BCUT2D eigenvalue weighted by molar-refractivity contribution is 6.27. The van der Waals surface area contributed by atoms with Crippen molar-refractivity contribution in [2.45, 2.75) is 199 Å². The number of amides is 1. The molecule has 1 amide bonds. The van der Waals surface area contributed by atoms with Crippen molar-refractivity contribution in [3.8, 4) is 0 Å². The van der Waals surface area contributed by atoms with Gasteiger partial charge in [0.1, 0.15) is 17.7 Å². The van der Waals surface area contributed by atoms with Crippen LogP contribution >= 0.6 is 11.6 Å². The van der Waals surface area contributed by atoms with Crippen molar-refractivity contribution < 1.29 is 53.4 Å². The zero-order valence-electron chi connectivity index (χ0n) is 36.0. The summed E-state index contributed by atoms with van der Waals surface area (Å²) < 4.78 is 34.2. The number of halogens is 1. The van der Waals surface area contributed by atoms with E-state index in [0.717, 1.165) is 6.42 Å². The van der Waals surface area contributed by atoms with Crippen LogP contribution in [0.25, 0.3) is 0 Å². The lowest BCUT2D eigenvalue weighted by molar-refractivity contribution is -0.398. The molecule has 0 unspecified atom stereocenters. The molecule has 4 N–H and O–H groups in total. The number of aliphatic hydroxyl groups excluding tert-OH is 1. The van der Waals surface area contributed by atoms with Gasteiger partial charge in [0.2, 0.25) is 5.91 Å². The second kappa shape index (κ2) is 18.1. The van der Waals surface area contributed by atoms with Gasteiger partial charge in [0.25, 0.3) is 0 Å². The summed E-state index contributed by atoms with van der Waals surface area (Å²) in [6.45, 7) is 19.6. The smallest absolute Gasteiger partial charge is 0.309 e. The van der Waals surface area contributed by atoms with E-state index < -0.39 is 82.9 Å². The van der Waals surface area contributed by atoms with Crippen molar-refractivity contribution in [1.29, 1.82) is 0 Å². The van der Waals surface area contributed by atoms with Gasteiger partial charge in [-0.1, -0.05) is 61.5 Å². The first-order chi connectivity index (χ1) is 26.7. The van der Waals surface area contributed by atoms with Crippen molar-refractivity contribution in [2.75, 3.05) is 5.88 Å². The summed E-state index contributed by atoms with van der Waals surface area (Å²) in [4.78, 5) is 39.3. The van der Waals surface area contributed by atoms with Crippen LogP contribution in [0.3, 0.4) is 0 Å². The molecule has 2 spiro atoms. The van der Waals surface area contributed by atoms with E-state index in [0.29, 0.717) is 57.8 Å². The number of rotatable bonds is 14. The van der Waals surface area contributed by atoms with Crippen LogP contribution < -0.4 is 5.32 Å². The summed E-state index contributed by atoms with van der Waals surface area (Å²) in [6, 6.07) is -0.675. The van der Waals surface area contributed by atoms with E-state index in [1.165, 1.54) is 0 Å². The Hall–Kier alpha value is -1.64. The van der Waals surface area contributed by atoms with Crippen LogP contribution in [0.1, 0.15) is 133 Å². The summed E-state index contributed by atoms with van der Waals surface area (Å²) >= 11 is 5.97. The molecule has 0 radical (unpaired) electrons. The van der Waals surface area contributed by atoms with Crippen LogP contribution in [0.15, 0.2) is 12.2 Å². The van der Waals surface area contributed by atoms with E-state index in [1.54, 1.807) is 6.92 Å². The van der Waals surface area contributed by atoms with Crippen molar-refractivity contribution in [3.63, 3.8) is 0 Å². The quantitative estimate of drug-likeness (QED) is 0.111. The number of ether oxygens (including phenoxy) is 5. The van der Waals surface area contributed by atoms with Gasteiger partial charge in [-0.15, -0.1) is 11.6 Å². The second-order valence-electron chi connectivity index (χ2n) is 18.6. The third-order valence-electron chi connectivity index (χ3n) is 14.9. The molecule has 0 saturated carbocycles. The molecule has 5 heterocycles. The highest BCUT2D eigenvalue weighted by Crippen LogP contribution is 2.54. The van der Waals surface area contributed by atoms with Gasteiger partial charge in [-0.3, -0.25) is 14.4 Å². The van der Waals surface area contributed by atoms with E-state index in [9.17, 15) is 29.7 Å². The van der Waals surface area contributed by atoms with Crippen LogP contribution in [0.4, 0.5) is 0 Å². The van der Waals surface area contributed by atoms with Crippen molar-refractivity contribution in [1.82, 2.24) is 5.32 Å². The van der Waals surface area contributed by atoms with Gasteiger partial charge in [0.15, 0.2) is 11.6 Å². The Labute approximate surface area is 345 Å². The molecule has 12 nitrogen and oxygen atoms in total. The molecule has 0 aromatic rings. The Bertz CT molecular complexity index is 1460. The van der Waals surface area contributed by atoms with E-state index >= 15 is 0 Å². The maximum absolute atomic E-state index is 14.6. The SMILES string of the molecule is CC[C@@H](C(=O)[C@@H](C)[C@@H](O)[C@H](C)[C@@H]1O[C@@H]([C@@H](CC)C(=O)O)CC[C@@H]1C)[C@H]1O[C@]2(C=C[C@@H](NC(=O)CCl)[C@]3(CC[C@@](C)([C@H]4CC[C@](O)(CC)[C@H](C)O4)O3)O2)[C@H](C)C[C@@H]1C. The number of hydrogen-bond acceptors (Lipinski definition) is 10. The Balaban J connectivity index is 1.37. The van der Waals surface area contributed by atoms with Crippen molar-refractivity contribution in [2.24, 2.45) is 41.4 Å². The number of aliphatic hydroxyl groups is 2. The average molecular weight is 827 g/mol. The molecule has 0 aromatic heterocycles. The molecular formula is C44H72ClNO11. The van der Waals surface area contributed by atoms with Gasteiger partial charge in [0, 0.05) is 30.1 Å². The van der Waals surface area contributed by atoms with Gasteiger partial charge in [0.05, 0.1) is 53.7 Å². The first-order valence-electron chi connectivity index (χ1n) is 21.8. The topological polar surface area (TPSA) is 170 Å². The molecule has 18 atom stereocenters. The third kappa shape index (κ3) is 9.05. The molecular weight excluding hydrogens is 754 g/mol. The third-order valence-corrected chi connectivity index (χ3v) is 15.2. The number of carboxylic acid groups (broad SMARTS) is 1. The van der Waals surface area contributed by atoms with Crippen LogP contribution in [-0.2, 0) is 38.1 Å². The fourth-order valence-corrected chi connectivity index (χ4v) is 11.0. The number of Topliss-reactive ketones (excluding diaryl/α,β-unsaturated/α-hetero) is 1. The average Bonchev–Trinajstić information content (AvgIpc) is 3.52. The number of hydrogen-bond donors (Lipinski definition) is 4. The molecule has 13 heteroatoms. The van der Waals surface area contributed by atoms with Crippen molar-refractivity contribution >= 4 is 29.3 Å². The predicted molar refractivity (Wildman–Crippen MR) is 215 cm³/mol. The number of aliphatic carboxylic acids is 1. The van der Waals surface area contributed by atoms with E-state index in [1.807, 2.05) is 53.7 Å². The number of carbonyl (C=O) groups excluding carboxylic acids is 2. The first kappa shape index (κ1) is 46.4. The summed E-state index contributed by atoms with van der Waals surface area (Å²) in [5, 5.41) is 35.8. The minimum absolute atomic E-state index is 0.0171. The Morgan fingerprint density at radius 2 is 1.60 bits per heavy atom. The largest absolute Gasteiger partial charge is 0.481 e. The molecule has 0 aromatic carbocycles.